The molecule has 0 aliphatic heterocycles. The van der Waals surface area contributed by atoms with Gasteiger partial charge in [0.2, 0.25) is 11.9 Å². The number of thiophene rings is 1. The third-order valence-corrected chi connectivity index (χ3v) is 3.42. The summed E-state index contributed by atoms with van der Waals surface area (Å²) in [4.78, 5) is 22.6. The van der Waals surface area contributed by atoms with Crippen LogP contribution in [0, 0.1) is 0 Å². The van der Waals surface area contributed by atoms with Crippen LogP contribution in [0.4, 0.5) is 11.8 Å². The number of hydrogen-bond donors (Lipinski definition) is 2. The summed E-state index contributed by atoms with van der Waals surface area (Å²) in [7, 11) is 1.62. The molecule has 96 valence electrons. The molecule has 0 bridgehead atoms. The Morgan fingerprint density at radius 3 is 3.00 bits per heavy atom. The predicted molar refractivity (Wildman–Crippen MR) is 73.8 cm³/mol. The minimum absolute atomic E-state index is 0.0580. The Bertz CT molecular complexity index is 568. The SMILES string of the molecule is CCN(CC(=O)NC)c1nc(N)nc2sccc12. The summed E-state index contributed by atoms with van der Waals surface area (Å²) in [5, 5.41) is 5.47. The molecule has 0 unspecified atom stereocenters. The number of aromatic nitrogens is 2. The number of fused-ring (bicyclic) bond motifs is 1. The van der Waals surface area contributed by atoms with Crippen molar-refractivity contribution in [3.8, 4) is 0 Å². The second kappa shape index (κ2) is 5.18. The van der Waals surface area contributed by atoms with Crippen molar-refractivity contribution < 1.29 is 4.79 Å². The van der Waals surface area contributed by atoms with Gasteiger partial charge < -0.3 is 16.0 Å². The Morgan fingerprint density at radius 2 is 2.33 bits per heavy atom. The van der Waals surface area contributed by atoms with E-state index >= 15 is 0 Å². The van der Waals surface area contributed by atoms with Gasteiger partial charge in [0, 0.05) is 13.6 Å². The molecule has 0 saturated heterocycles. The molecule has 0 aromatic carbocycles. The molecule has 0 radical (unpaired) electrons. The van der Waals surface area contributed by atoms with Crippen molar-refractivity contribution in [2.45, 2.75) is 6.92 Å². The maximum atomic E-state index is 11.5. The molecule has 3 N–H and O–H groups in total. The fourth-order valence-corrected chi connectivity index (χ4v) is 2.45. The lowest BCUT2D eigenvalue weighted by molar-refractivity contribution is -0.119. The van der Waals surface area contributed by atoms with E-state index < -0.39 is 0 Å². The van der Waals surface area contributed by atoms with Crippen LogP contribution >= 0.6 is 11.3 Å². The molecule has 7 heteroatoms. The molecule has 2 aromatic heterocycles. The normalized spacial score (nSPS) is 10.6. The number of hydrogen-bond acceptors (Lipinski definition) is 6. The number of amides is 1. The van der Waals surface area contributed by atoms with Crippen molar-refractivity contribution in [2.24, 2.45) is 0 Å². The van der Waals surface area contributed by atoms with Gasteiger partial charge in [0.05, 0.1) is 11.9 Å². The highest BCUT2D eigenvalue weighted by Gasteiger charge is 2.15. The first-order chi connectivity index (χ1) is 8.65. The fraction of sp³-hybridized carbons (Fsp3) is 0.364. The number of carbonyl (C=O) groups excluding carboxylic acids is 1. The van der Waals surface area contributed by atoms with Crippen molar-refractivity contribution >= 4 is 39.2 Å². The van der Waals surface area contributed by atoms with E-state index in [1.54, 1.807) is 7.05 Å². The minimum atomic E-state index is -0.0580. The maximum absolute atomic E-state index is 11.5. The Balaban J connectivity index is 2.43. The minimum Gasteiger partial charge on any atom is -0.368 e. The van der Waals surface area contributed by atoms with Gasteiger partial charge in [0.25, 0.3) is 0 Å². The number of likely N-dealkylation sites (N-methyl/N-ethyl adjacent to an activating group) is 2. The van der Waals surface area contributed by atoms with Gasteiger partial charge in [0.1, 0.15) is 10.6 Å². The molecule has 2 aromatic rings. The number of nitrogens with zero attached hydrogens (tertiary/aromatic N) is 3. The summed E-state index contributed by atoms with van der Waals surface area (Å²) in [6.07, 6.45) is 0. The number of anilines is 2. The molecular weight excluding hydrogens is 250 g/mol. The molecule has 0 aliphatic rings. The highest BCUT2D eigenvalue weighted by Crippen LogP contribution is 2.28. The molecule has 2 heterocycles. The standard InChI is InChI=1S/C11H15N5OS/c1-3-16(6-8(17)13-2)9-7-4-5-18-10(7)15-11(12)14-9/h4-5H,3,6H2,1-2H3,(H,13,17)(H2,12,14,15). The van der Waals surface area contributed by atoms with Gasteiger partial charge in [-0.05, 0) is 18.4 Å². The van der Waals surface area contributed by atoms with Gasteiger partial charge in [-0.1, -0.05) is 0 Å². The van der Waals surface area contributed by atoms with E-state index in [2.05, 4.69) is 15.3 Å². The summed E-state index contributed by atoms with van der Waals surface area (Å²) in [5.74, 6) is 0.887. The van der Waals surface area contributed by atoms with Gasteiger partial charge in [-0.25, -0.2) is 4.98 Å². The third kappa shape index (κ3) is 2.35. The van der Waals surface area contributed by atoms with E-state index in [0.29, 0.717) is 12.4 Å². The third-order valence-electron chi connectivity index (χ3n) is 2.62. The average Bonchev–Trinajstić information content (AvgIpc) is 2.82. The van der Waals surface area contributed by atoms with Gasteiger partial charge in [-0.2, -0.15) is 4.98 Å². The van der Waals surface area contributed by atoms with E-state index in [9.17, 15) is 4.79 Å². The monoisotopic (exact) mass is 265 g/mol. The summed E-state index contributed by atoms with van der Waals surface area (Å²) in [6.45, 7) is 2.91. The molecule has 0 atom stereocenters. The molecule has 0 saturated carbocycles. The van der Waals surface area contributed by atoms with Gasteiger partial charge >= 0.3 is 0 Å². The lowest BCUT2D eigenvalue weighted by Gasteiger charge is -2.21. The molecular formula is C11H15N5OS. The molecule has 0 spiro atoms. The van der Waals surface area contributed by atoms with Crippen LogP contribution in [0.5, 0.6) is 0 Å². The molecule has 18 heavy (non-hydrogen) atoms. The van der Waals surface area contributed by atoms with Crippen LogP contribution in [0.3, 0.4) is 0 Å². The second-order valence-corrected chi connectivity index (χ2v) is 4.63. The smallest absolute Gasteiger partial charge is 0.239 e. The Kier molecular flexibility index (Phi) is 3.61. The van der Waals surface area contributed by atoms with E-state index in [1.807, 2.05) is 23.3 Å². The number of nitrogen functional groups attached to an aromatic ring is 1. The summed E-state index contributed by atoms with van der Waals surface area (Å²) in [6, 6.07) is 1.95. The van der Waals surface area contributed by atoms with Crippen molar-refractivity contribution in [1.29, 1.82) is 0 Å². The van der Waals surface area contributed by atoms with Crippen LogP contribution in [0.1, 0.15) is 6.92 Å². The van der Waals surface area contributed by atoms with E-state index in [0.717, 1.165) is 10.2 Å². The zero-order valence-corrected chi connectivity index (χ0v) is 11.1. The van der Waals surface area contributed by atoms with Crippen LogP contribution in [-0.2, 0) is 4.79 Å². The first kappa shape index (κ1) is 12.6. The molecule has 0 fully saturated rings. The first-order valence-electron chi connectivity index (χ1n) is 5.62. The van der Waals surface area contributed by atoms with Gasteiger partial charge in [-0.3, -0.25) is 4.79 Å². The number of nitrogens with two attached hydrogens (primary N) is 1. The van der Waals surface area contributed by atoms with Gasteiger partial charge in [0.15, 0.2) is 0 Å². The molecule has 6 nitrogen and oxygen atoms in total. The van der Waals surface area contributed by atoms with E-state index in [1.165, 1.54) is 11.3 Å². The Morgan fingerprint density at radius 1 is 1.56 bits per heavy atom. The van der Waals surface area contributed by atoms with Gasteiger partial charge in [-0.15, -0.1) is 11.3 Å². The number of rotatable bonds is 4. The fourth-order valence-electron chi connectivity index (χ4n) is 1.69. The highest BCUT2D eigenvalue weighted by atomic mass is 32.1. The maximum Gasteiger partial charge on any atom is 0.239 e. The predicted octanol–water partition coefficient (Wildman–Crippen LogP) is 0.846. The summed E-state index contributed by atoms with van der Waals surface area (Å²) in [5.41, 5.74) is 5.70. The molecule has 1 amide bonds. The molecule has 2 rings (SSSR count). The summed E-state index contributed by atoms with van der Waals surface area (Å²) >= 11 is 1.51. The van der Waals surface area contributed by atoms with Crippen molar-refractivity contribution in [1.82, 2.24) is 15.3 Å². The largest absolute Gasteiger partial charge is 0.368 e. The number of nitrogens with one attached hydrogen (secondary N) is 1. The lowest BCUT2D eigenvalue weighted by Crippen LogP contribution is -2.36. The first-order valence-corrected chi connectivity index (χ1v) is 6.50. The highest BCUT2D eigenvalue weighted by molar-refractivity contribution is 7.16. The van der Waals surface area contributed by atoms with Crippen LogP contribution in [0.15, 0.2) is 11.4 Å². The second-order valence-electron chi connectivity index (χ2n) is 3.73. The quantitative estimate of drug-likeness (QED) is 0.856. The van der Waals surface area contributed by atoms with Crippen LogP contribution in [0.2, 0.25) is 0 Å². The van der Waals surface area contributed by atoms with E-state index in [4.69, 9.17) is 5.73 Å². The summed E-state index contributed by atoms with van der Waals surface area (Å²) < 4.78 is 0. The topological polar surface area (TPSA) is 84.1 Å². The number of carbonyl (C=O) groups is 1. The van der Waals surface area contributed by atoms with E-state index in [-0.39, 0.29) is 18.4 Å². The van der Waals surface area contributed by atoms with Crippen molar-refractivity contribution in [2.75, 3.05) is 30.8 Å². The zero-order valence-electron chi connectivity index (χ0n) is 10.3. The zero-order chi connectivity index (χ0) is 13.1. The van der Waals surface area contributed by atoms with Crippen molar-refractivity contribution in [3.63, 3.8) is 0 Å². The Hall–Kier alpha value is -1.89. The average molecular weight is 265 g/mol. The van der Waals surface area contributed by atoms with Crippen molar-refractivity contribution in [3.05, 3.63) is 11.4 Å². The van der Waals surface area contributed by atoms with Crippen LogP contribution < -0.4 is 16.0 Å². The lowest BCUT2D eigenvalue weighted by atomic mass is 10.3. The van der Waals surface area contributed by atoms with Crippen LogP contribution in [0.25, 0.3) is 10.2 Å². The van der Waals surface area contributed by atoms with Crippen LogP contribution in [-0.4, -0.2) is 36.0 Å². The molecule has 0 aliphatic carbocycles. The Labute approximate surface area is 109 Å².